The maximum atomic E-state index is 11.8. The van der Waals surface area contributed by atoms with Crippen molar-refractivity contribution in [1.82, 2.24) is 10.3 Å². The lowest BCUT2D eigenvalue weighted by Crippen LogP contribution is -2.30. The van der Waals surface area contributed by atoms with E-state index in [0.717, 1.165) is 13.0 Å². The minimum atomic E-state index is -0.0628. The minimum absolute atomic E-state index is 0.0628. The van der Waals surface area contributed by atoms with Crippen LogP contribution in [0.15, 0.2) is 18.3 Å². The van der Waals surface area contributed by atoms with Crippen LogP contribution in [0.1, 0.15) is 36.5 Å². The summed E-state index contributed by atoms with van der Waals surface area (Å²) in [5, 5.41) is 2.95. The summed E-state index contributed by atoms with van der Waals surface area (Å²) in [5.74, 6) is 0.371. The Bertz CT molecular complexity index is 382. The van der Waals surface area contributed by atoms with Crippen molar-refractivity contribution in [2.45, 2.75) is 26.2 Å². The van der Waals surface area contributed by atoms with Crippen LogP contribution in [0.3, 0.4) is 0 Å². The van der Waals surface area contributed by atoms with Gasteiger partial charge in [0.05, 0.1) is 5.56 Å². The highest BCUT2D eigenvalue weighted by Gasteiger charge is 2.40. The van der Waals surface area contributed by atoms with Gasteiger partial charge >= 0.3 is 0 Å². The van der Waals surface area contributed by atoms with Crippen molar-refractivity contribution in [3.05, 3.63) is 23.9 Å². The molecule has 1 heterocycles. The summed E-state index contributed by atoms with van der Waals surface area (Å²) in [6.07, 6.45) is 5.09. The number of carbonyl (C=O) groups is 1. The average molecular weight is 219 g/mol. The van der Waals surface area contributed by atoms with E-state index in [1.165, 1.54) is 19.0 Å². The molecule has 4 nitrogen and oxygen atoms in total. The predicted molar refractivity (Wildman–Crippen MR) is 62.9 cm³/mol. The first kappa shape index (κ1) is 10.9. The summed E-state index contributed by atoms with van der Waals surface area (Å²) in [6, 6.07) is 3.34. The van der Waals surface area contributed by atoms with E-state index in [1.54, 1.807) is 12.1 Å². The molecule has 86 valence electrons. The summed E-state index contributed by atoms with van der Waals surface area (Å²) < 4.78 is 0. The fraction of sp³-hybridized carbons (Fsp3) is 0.500. The van der Waals surface area contributed by atoms with Gasteiger partial charge in [-0.05, 0) is 36.8 Å². The zero-order valence-electron chi connectivity index (χ0n) is 9.49. The van der Waals surface area contributed by atoms with Crippen molar-refractivity contribution in [1.29, 1.82) is 0 Å². The molecule has 0 spiro atoms. The van der Waals surface area contributed by atoms with Crippen molar-refractivity contribution in [2.24, 2.45) is 5.41 Å². The van der Waals surface area contributed by atoms with Crippen LogP contribution in [0.4, 0.5) is 5.82 Å². The zero-order valence-corrected chi connectivity index (χ0v) is 9.49. The monoisotopic (exact) mass is 219 g/mol. The number of nitrogens with one attached hydrogen (secondary N) is 1. The van der Waals surface area contributed by atoms with Crippen LogP contribution in [0.5, 0.6) is 0 Å². The molecule has 0 radical (unpaired) electrons. The van der Waals surface area contributed by atoms with Gasteiger partial charge in [0.1, 0.15) is 5.82 Å². The van der Waals surface area contributed by atoms with Crippen LogP contribution in [-0.2, 0) is 0 Å². The molecule has 1 aliphatic carbocycles. The molecular formula is C12H17N3O. The van der Waals surface area contributed by atoms with Gasteiger partial charge in [-0.25, -0.2) is 4.98 Å². The SMILES string of the molecule is CCC1(CNC(=O)c2ccc(N)nc2)CC1. The lowest BCUT2D eigenvalue weighted by atomic mass is 10.0. The molecule has 0 aliphatic heterocycles. The molecular weight excluding hydrogens is 202 g/mol. The third-order valence-corrected chi connectivity index (χ3v) is 3.38. The fourth-order valence-electron chi connectivity index (χ4n) is 1.74. The number of anilines is 1. The minimum Gasteiger partial charge on any atom is -0.384 e. The molecule has 3 N–H and O–H groups in total. The maximum Gasteiger partial charge on any atom is 0.252 e. The molecule has 1 saturated carbocycles. The average Bonchev–Trinajstić information content (AvgIpc) is 3.08. The molecule has 1 aromatic rings. The van der Waals surface area contributed by atoms with Crippen molar-refractivity contribution >= 4 is 11.7 Å². The van der Waals surface area contributed by atoms with E-state index in [4.69, 9.17) is 5.73 Å². The number of hydrogen-bond acceptors (Lipinski definition) is 3. The molecule has 4 heteroatoms. The van der Waals surface area contributed by atoms with E-state index in [-0.39, 0.29) is 5.91 Å². The molecule has 0 aromatic carbocycles. The van der Waals surface area contributed by atoms with Crippen molar-refractivity contribution in [3.8, 4) is 0 Å². The molecule has 0 saturated heterocycles. The third kappa shape index (κ3) is 2.32. The van der Waals surface area contributed by atoms with Crippen LogP contribution in [0.2, 0.25) is 0 Å². The molecule has 0 atom stereocenters. The molecule has 1 amide bonds. The number of nitrogen functional groups attached to an aromatic ring is 1. The molecule has 0 bridgehead atoms. The number of nitrogens with two attached hydrogens (primary N) is 1. The maximum absolute atomic E-state index is 11.8. The zero-order chi connectivity index (χ0) is 11.6. The van der Waals surface area contributed by atoms with Crippen LogP contribution < -0.4 is 11.1 Å². The van der Waals surface area contributed by atoms with Crippen molar-refractivity contribution in [3.63, 3.8) is 0 Å². The Kier molecular flexibility index (Phi) is 2.81. The second kappa shape index (κ2) is 4.12. The Labute approximate surface area is 95.3 Å². The quantitative estimate of drug-likeness (QED) is 0.808. The van der Waals surface area contributed by atoms with E-state index in [2.05, 4.69) is 17.2 Å². The first-order valence-electron chi connectivity index (χ1n) is 5.65. The number of hydrogen-bond donors (Lipinski definition) is 2. The topological polar surface area (TPSA) is 68.0 Å². The summed E-state index contributed by atoms with van der Waals surface area (Å²) in [7, 11) is 0. The van der Waals surface area contributed by atoms with E-state index in [9.17, 15) is 4.79 Å². The Morgan fingerprint density at radius 3 is 2.81 bits per heavy atom. The lowest BCUT2D eigenvalue weighted by Gasteiger charge is -2.13. The number of carbonyl (C=O) groups excluding carboxylic acids is 1. The normalized spacial score (nSPS) is 16.8. The largest absolute Gasteiger partial charge is 0.384 e. The summed E-state index contributed by atoms with van der Waals surface area (Å²) >= 11 is 0. The van der Waals surface area contributed by atoms with Gasteiger partial charge in [-0.2, -0.15) is 0 Å². The smallest absolute Gasteiger partial charge is 0.252 e. The van der Waals surface area contributed by atoms with Crippen LogP contribution in [-0.4, -0.2) is 17.4 Å². The van der Waals surface area contributed by atoms with E-state index < -0.39 is 0 Å². The van der Waals surface area contributed by atoms with Crippen LogP contribution in [0.25, 0.3) is 0 Å². The second-order valence-corrected chi connectivity index (χ2v) is 4.51. The van der Waals surface area contributed by atoms with Gasteiger partial charge < -0.3 is 11.1 Å². The van der Waals surface area contributed by atoms with Crippen molar-refractivity contribution < 1.29 is 4.79 Å². The first-order valence-corrected chi connectivity index (χ1v) is 5.65. The number of amides is 1. The Balaban J connectivity index is 1.91. The molecule has 16 heavy (non-hydrogen) atoms. The molecule has 1 aromatic heterocycles. The first-order chi connectivity index (χ1) is 7.65. The standard InChI is InChI=1S/C12H17N3O/c1-2-12(5-6-12)8-15-11(16)9-3-4-10(13)14-7-9/h3-4,7H,2,5-6,8H2,1H3,(H2,13,14)(H,15,16). The van der Waals surface area contributed by atoms with Gasteiger partial charge in [0.25, 0.3) is 5.91 Å². The number of pyridine rings is 1. The van der Waals surface area contributed by atoms with Gasteiger partial charge in [-0.3, -0.25) is 4.79 Å². The highest BCUT2D eigenvalue weighted by molar-refractivity contribution is 5.94. The predicted octanol–water partition coefficient (Wildman–Crippen LogP) is 1.58. The van der Waals surface area contributed by atoms with Crippen molar-refractivity contribution in [2.75, 3.05) is 12.3 Å². The molecule has 1 fully saturated rings. The molecule has 0 unspecified atom stereocenters. The van der Waals surface area contributed by atoms with Gasteiger partial charge in [-0.15, -0.1) is 0 Å². The number of nitrogens with zero attached hydrogens (tertiary/aromatic N) is 1. The lowest BCUT2D eigenvalue weighted by molar-refractivity contribution is 0.0944. The van der Waals surface area contributed by atoms with Gasteiger partial charge in [-0.1, -0.05) is 6.92 Å². The summed E-state index contributed by atoms with van der Waals surface area (Å²) in [5.41, 5.74) is 6.40. The Morgan fingerprint density at radius 1 is 1.56 bits per heavy atom. The Hall–Kier alpha value is -1.58. The molecule has 1 aliphatic rings. The summed E-state index contributed by atoms with van der Waals surface area (Å²) in [6.45, 7) is 2.94. The van der Waals surface area contributed by atoms with E-state index >= 15 is 0 Å². The highest BCUT2D eigenvalue weighted by atomic mass is 16.1. The fourth-order valence-corrected chi connectivity index (χ4v) is 1.74. The number of aromatic nitrogens is 1. The van der Waals surface area contributed by atoms with Crippen LogP contribution in [0, 0.1) is 5.41 Å². The number of rotatable bonds is 4. The van der Waals surface area contributed by atoms with Gasteiger partial charge in [0.15, 0.2) is 0 Å². The Morgan fingerprint density at radius 2 is 2.31 bits per heavy atom. The third-order valence-electron chi connectivity index (χ3n) is 3.38. The van der Waals surface area contributed by atoms with E-state index in [0.29, 0.717) is 16.8 Å². The highest BCUT2D eigenvalue weighted by Crippen LogP contribution is 2.47. The van der Waals surface area contributed by atoms with E-state index in [1.807, 2.05) is 0 Å². The second-order valence-electron chi connectivity index (χ2n) is 4.51. The van der Waals surface area contributed by atoms with Gasteiger partial charge in [0, 0.05) is 12.7 Å². The van der Waals surface area contributed by atoms with Gasteiger partial charge in [0.2, 0.25) is 0 Å². The molecule has 2 rings (SSSR count). The van der Waals surface area contributed by atoms with Crippen LogP contribution >= 0.6 is 0 Å². The summed E-state index contributed by atoms with van der Waals surface area (Å²) in [4.78, 5) is 15.7.